The van der Waals surface area contributed by atoms with Gasteiger partial charge in [0.05, 0.1) is 0 Å². The molecule has 0 spiro atoms. The summed E-state index contributed by atoms with van der Waals surface area (Å²) in [6.45, 7) is 0. The fraction of sp³-hybridized carbons (Fsp3) is 0.231. The van der Waals surface area contributed by atoms with E-state index in [1.807, 2.05) is 18.2 Å². The SMILES string of the molecule is c1ccc(C2CC2Nc2ccc3nnnn3n2)cc1. The van der Waals surface area contributed by atoms with Gasteiger partial charge in [0.2, 0.25) is 0 Å². The standard InChI is InChI=1S/C13H12N6/c1-2-4-9(5-3-1)10-8-11(10)14-12-6-7-13-15-17-18-19(13)16-12/h1-7,10-11H,8H2,(H,14,16). The lowest BCUT2D eigenvalue weighted by Gasteiger charge is -2.04. The van der Waals surface area contributed by atoms with Gasteiger partial charge in [-0.2, -0.15) is 0 Å². The molecular weight excluding hydrogens is 240 g/mol. The Morgan fingerprint density at radius 1 is 1.11 bits per heavy atom. The van der Waals surface area contributed by atoms with E-state index in [-0.39, 0.29) is 0 Å². The highest BCUT2D eigenvalue weighted by Gasteiger charge is 2.38. The number of hydrogen-bond acceptors (Lipinski definition) is 5. The average Bonchev–Trinajstić information content (AvgIpc) is 3.06. The summed E-state index contributed by atoms with van der Waals surface area (Å²) in [5.41, 5.74) is 2.03. The summed E-state index contributed by atoms with van der Waals surface area (Å²) in [6, 6.07) is 14.8. The Balaban J connectivity index is 1.51. The second-order valence-electron chi connectivity index (χ2n) is 4.75. The van der Waals surface area contributed by atoms with Crippen molar-refractivity contribution >= 4 is 11.5 Å². The summed E-state index contributed by atoms with van der Waals surface area (Å²) < 4.78 is 1.43. The fourth-order valence-electron chi connectivity index (χ4n) is 2.34. The first-order valence-electron chi connectivity index (χ1n) is 6.27. The zero-order valence-corrected chi connectivity index (χ0v) is 10.1. The van der Waals surface area contributed by atoms with Crippen LogP contribution in [0.1, 0.15) is 17.9 Å². The first kappa shape index (κ1) is 10.4. The fourth-order valence-corrected chi connectivity index (χ4v) is 2.34. The lowest BCUT2D eigenvalue weighted by Crippen LogP contribution is -2.08. The maximum atomic E-state index is 4.31. The monoisotopic (exact) mass is 252 g/mol. The molecule has 0 amide bonds. The van der Waals surface area contributed by atoms with Gasteiger partial charge in [-0.3, -0.25) is 0 Å². The smallest absolute Gasteiger partial charge is 0.200 e. The molecule has 2 atom stereocenters. The second-order valence-corrected chi connectivity index (χ2v) is 4.75. The molecule has 1 aromatic carbocycles. The minimum absolute atomic E-state index is 0.448. The molecule has 1 fully saturated rings. The molecule has 4 rings (SSSR count). The molecule has 2 heterocycles. The van der Waals surface area contributed by atoms with Gasteiger partial charge < -0.3 is 5.32 Å². The van der Waals surface area contributed by atoms with Crippen LogP contribution in [0.15, 0.2) is 42.5 Å². The van der Waals surface area contributed by atoms with Crippen molar-refractivity contribution in [3.63, 3.8) is 0 Å². The third kappa shape index (κ3) is 1.91. The highest BCUT2D eigenvalue weighted by atomic mass is 15.6. The predicted octanol–water partition coefficient (Wildman–Crippen LogP) is 1.49. The molecule has 6 nitrogen and oxygen atoms in total. The third-order valence-electron chi connectivity index (χ3n) is 3.42. The number of aromatic nitrogens is 5. The Morgan fingerprint density at radius 2 is 2.00 bits per heavy atom. The molecular formula is C13H12N6. The summed E-state index contributed by atoms with van der Waals surface area (Å²) in [5.74, 6) is 1.38. The van der Waals surface area contributed by atoms with E-state index in [4.69, 9.17) is 0 Å². The molecule has 0 aliphatic heterocycles. The molecule has 1 aliphatic rings. The van der Waals surface area contributed by atoms with E-state index in [0.29, 0.717) is 17.6 Å². The Kier molecular flexibility index (Phi) is 2.20. The summed E-state index contributed by atoms with van der Waals surface area (Å²) in [4.78, 5) is 0. The van der Waals surface area contributed by atoms with Gasteiger partial charge in [0.1, 0.15) is 5.82 Å². The zero-order valence-electron chi connectivity index (χ0n) is 10.1. The van der Waals surface area contributed by atoms with Crippen molar-refractivity contribution in [2.75, 3.05) is 5.32 Å². The van der Waals surface area contributed by atoms with Crippen molar-refractivity contribution in [2.45, 2.75) is 18.4 Å². The maximum Gasteiger partial charge on any atom is 0.200 e. The molecule has 1 aliphatic carbocycles. The van der Waals surface area contributed by atoms with Crippen molar-refractivity contribution in [2.24, 2.45) is 0 Å². The van der Waals surface area contributed by atoms with E-state index in [1.165, 1.54) is 10.2 Å². The molecule has 1 N–H and O–H groups in total. The van der Waals surface area contributed by atoms with Gasteiger partial charge in [-0.05, 0) is 34.5 Å². The first-order chi connectivity index (χ1) is 9.40. The number of anilines is 1. The normalized spacial score (nSPS) is 21.5. The number of nitrogens with one attached hydrogen (secondary N) is 1. The molecule has 94 valence electrons. The van der Waals surface area contributed by atoms with Crippen LogP contribution in [-0.2, 0) is 0 Å². The van der Waals surface area contributed by atoms with E-state index in [1.54, 1.807) is 0 Å². The van der Waals surface area contributed by atoms with Gasteiger partial charge in [0, 0.05) is 12.0 Å². The number of fused-ring (bicyclic) bond motifs is 1. The Bertz CT molecular complexity index is 707. The Labute approximate surface area is 109 Å². The van der Waals surface area contributed by atoms with Crippen LogP contribution in [0.3, 0.4) is 0 Å². The van der Waals surface area contributed by atoms with Gasteiger partial charge in [-0.1, -0.05) is 30.3 Å². The van der Waals surface area contributed by atoms with Gasteiger partial charge in [-0.15, -0.1) is 14.8 Å². The van der Waals surface area contributed by atoms with E-state index in [2.05, 4.69) is 50.2 Å². The van der Waals surface area contributed by atoms with Crippen molar-refractivity contribution in [1.82, 2.24) is 25.3 Å². The third-order valence-corrected chi connectivity index (χ3v) is 3.42. The lowest BCUT2D eigenvalue weighted by atomic mass is 10.1. The molecule has 2 aromatic heterocycles. The minimum Gasteiger partial charge on any atom is -0.365 e. The van der Waals surface area contributed by atoms with E-state index >= 15 is 0 Å². The number of benzene rings is 1. The van der Waals surface area contributed by atoms with Crippen LogP contribution >= 0.6 is 0 Å². The molecule has 19 heavy (non-hydrogen) atoms. The number of rotatable bonds is 3. The molecule has 6 heteroatoms. The number of tetrazole rings is 1. The summed E-state index contributed by atoms with van der Waals surface area (Å²) in [7, 11) is 0. The van der Waals surface area contributed by atoms with Gasteiger partial charge in [0.25, 0.3) is 0 Å². The lowest BCUT2D eigenvalue weighted by molar-refractivity contribution is 0.733. The van der Waals surface area contributed by atoms with Gasteiger partial charge in [0.15, 0.2) is 5.65 Å². The van der Waals surface area contributed by atoms with Crippen molar-refractivity contribution in [3.05, 3.63) is 48.0 Å². The maximum absolute atomic E-state index is 4.31. The van der Waals surface area contributed by atoms with Crippen LogP contribution in [0.4, 0.5) is 5.82 Å². The van der Waals surface area contributed by atoms with Crippen LogP contribution < -0.4 is 5.32 Å². The largest absolute Gasteiger partial charge is 0.365 e. The van der Waals surface area contributed by atoms with Crippen LogP contribution in [-0.4, -0.2) is 31.3 Å². The molecule has 1 saturated carbocycles. The Hall–Kier alpha value is -2.50. The van der Waals surface area contributed by atoms with Crippen molar-refractivity contribution in [3.8, 4) is 0 Å². The Morgan fingerprint density at radius 3 is 2.89 bits per heavy atom. The van der Waals surface area contributed by atoms with Gasteiger partial charge in [-0.25, -0.2) is 0 Å². The highest BCUT2D eigenvalue weighted by molar-refractivity contribution is 5.45. The van der Waals surface area contributed by atoms with Crippen LogP contribution in [0.5, 0.6) is 0 Å². The zero-order chi connectivity index (χ0) is 12.7. The van der Waals surface area contributed by atoms with Crippen LogP contribution in [0.25, 0.3) is 5.65 Å². The molecule has 0 saturated heterocycles. The van der Waals surface area contributed by atoms with E-state index in [0.717, 1.165) is 12.2 Å². The highest BCUT2D eigenvalue weighted by Crippen LogP contribution is 2.42. The van der Waals surface area contributed by atoms with Crippen LogP contribution in [0.2, 0.25) is 0 Å². The molecule has 0 bridgehead atoms. The van der Waals surface area contributed by atoms with Crippen LogP contribution in [0, 0.1) is 0 Å². The second kappa shape index (κ2) is 4.01. The summed E-state index contributed by atoms with van der Waals surface area (Å²) in [6.07, 6.45) is 1.14. The van der Waals surface area contributed by atoms with Crippen molar-refractivity contribution in [1.29, 1.82) is 0 Å². The quantitative estimate of drug-likeness (QED) is 0.764. The summed E-state index contributed by atoms with van der Waals surface area (Å²) in [5, 5.41) is 18.9. The van der Waals surface area contributed by atoms with Crippen molar-refractivity contribution < 1.29 is 0 Å². The molecule has 2 unspecified atom stereocenters. The number of hydrogen-bond donors (Lipinski definition) is 1. The average molecular weight is 252 g/mol. The first-order valence-corrected chi connectivity index (χ1v) is 6.27. The number of nitrogens with zero attached hydrogens (tertiary/aromatic N) is 5. The minimum atomic E-state index is 0.448. The summed E-state index contributed by atoms with van der Waals surface area (Å²) >= 11 is 0. The molecule has 3 aromatic rings. The molecule has 0 radical (unpaired) electrons. The van der Waals surface area contributed by atoms with E-state index < -0.39 is 0 Å². The topological polar surface area (TPSA) is 68.0 Å². The van der Waals surface area contributed by atoms with E-state index in [9.17, 15) is 0 Å². The predicted molar refractivity (Wildman–Crippen MR) is 69.8 cm³/mol. The van der Waals surface area contributed by atoms with Gasteiger partial charge >= 0.3 is 0 Å².